The molecule has 2 aliphatic carbocycles. The van der Waals surface area contributed by atoms with Gasteiger partial charge in [0.15, 0.2) is 5.96 Å². The summed E-state index contributed by atoms with van der Waals surface area (Å²) in [5.41, 5.74) is 0.389. The Kier molecular flexibility index (Phi) is 5.54. The Hall–Kier alpha value is -0.850. The van der Waals surface area contributed by atoms with Crippen LogP contribution < -0.4 is 5.32 Å². The van der Waals surface area contributed by atoms with E-state index in [4.69, 9.17) is 14.5 Å². The molecular weight excluding hydrogens is 352 g/mol. The Labute approximate surface area is 170 Å². The summed E-state index contributed by atoms with van der Waals surface area (Å²) < 4.78 is 11.7. The average molecular weight is 391 g/mol. The fourth-order valence-corrected chi connectivity index (χ4v) is 6.66. The van der Waals surface area contributed by atoms with E-state index in [0.717, 1.165) is 64.4 Å². The maximum absolute atomic E-state index is 6.17. The third kappa shape index (κ3) is 3.35. The number of piperazine rings is 1. The van der Waals surface area contributed by atoms with Crippen LogP contribution in [0.1, 0.15) is 45.4 Å². The van der Waals surface area contributed by atoms with Crippen molar-refractivity contribution in [3.05, 3.63) is 0 Å². The number of aliphatic imine (C=N–C) groups is 1. The summed E-state index contributed by atoms with van der Waals surface area (Å²) in [6.07, 6.45) is 8.38. The number of hydrogen-bond acceptors (Lipinski definition) is 4. The van der Waals surface area contributed by atoms with E-state index in [1.54, 1.807) is 0 Å². The van der Waals surface area contributed by atoms with Crippen molar-refractivity contribution >= 4 is 5.96 Å². The molecule has 4 atom stereocenters. The van der Waals surface area contributed by atoms with Crippen molar-refractivity contribution in [1.82, 2.24) is 15.1 Å². The number of rotatable bonds is 4. The predicted octanol–water partition coefficient (Wildman–Crippen LogP) is 1.95. The third-order valence-corrected chi connectivity index (χ3v) is 8.09. The lowest BCUT2D eigenvalue weighted by atomic mass is 9.54. The molecule has 3 aliphatic heterocycles. The molecule has 0 amide bonds. The fourth-order valence-electron chi connectivity index (χ4n) is 6.66. The smallest absolute Gasteiger partial charge is 0.194 e. The molecule has 4 unspecified atom stereocenters. The summed E-state index contributed by atoms with van der Waals surface area (Å²) in [6.45, 7) is 11.5. The van der Waals surface area contributed by atoms with Gasteiger partial charge in [-0.3, -0.25) is 9.89 Å². The highest BCUT2D eigenvalue weighted by atomic mass is 16.5. The summed E-state index contributed by atoms with van der Waals surface area (Å²) in [6, 6.07) is 0.571. The van der Waals surface area contributed by atoms with Crippen LogP contribution in [0.4, 0.5) is 0 Å². The van der Waals surface area contributed by atoms with Crippen LogP contribution in [0, 0.1) is 17.3 Å². The van der Waals surface area contributed by atoms with Crippen LogP contribution in [-0.2, 0) is 9.47 Å². The Morgan fingerprint density at radius 2 is 1.93 bits per heavy atom. The van der Waals surface area contributed by atoms with Crippen LogP contribution in [0.3, 0.4) is 0 Å². The zero-order valence-electron chi connectivity index (χ0n) is 17.6. The summed E-state index contributed by atoms with van der Waals surface area (Å²) in [5.74, 6) is 2.60. The highest BCUT2D eigenvalue weighted by Crippen LogP contribution is 2.60. The van der Waals surface area contributed by atoms with E-state index in [0.29, 0.717) is 23.5 Å². The van der Waals surface area contributed by atoms with E-state index in [1.807, 2.05) is 0 Å². The Morgan fingerprint density at radius 3 is 2.64 bits per heavy atom. The summed E-state index contributed by atoms with van der Waals surface area (Å²) in [7, 11) is 0. The van der Waals surface area contributed by atoms with Gasteiger partial charge >= 0.3 is 0 Å². The number of fused-ring (bicyclic) bond motifs is 2. The van der Waals surface area contributed by atoms with E-state index in [1.165, 1.54) is 45.1 Å². The maximum Gasteiger partial charge on any atom is 0.194 e. The molecule has 28 heavy (non-hydrogen) atoms. The van der Waals surface area contributed by atoms with Gasteiger partial charge < -0.3 is 19.7 Å². The minimum Gasteiger partial charge on any atom is -0.381 e. The van der Waals surface area contributed by atoms with Gasteiger partial charge in [-0.05, 0) is 38.5 Å². The molecule has 1 N–H and O–H groups in total. The van der Waals surface area contributed by atoms with Crippen molar-refractivity contribution in [3.8, 4) is 0 Å². The number of nitrogens with zero attached hydrogens (tertiary/aromatic N) is 3. The molecule has 0 bridgehead atoms. The van der Waals surface area contributed by atoms with E-state index >= 15 is 0 Å². The summed E-state index contributed by atoms with van der Waals surface area (Å²) in [4.78, 5) is 10.1. The van der Waals surface area contributed by atoms with E-state index in [-0.39, 0.29) is 0 Å². The minimum atomic E-state index is 0.389. The third-order valence-electron chi connectivity index (χ3n) is 8.09. The lowest BCUT2D eigenvalue weighted by Crippen LogP contribution is -2.70. The second-order valence-electron chi connectivity index (χ2n) is 9.62. The van der Waals surface area contributed by atoms with E-state index < -0.39 is 0 Å². The van der Waals surface area contributed by atoms with Gasteiger partial charge in [-0.25, -0.2) is 0 Å². The lowest BCUT2D eigenvalue weighted by Gasteiger charge is -2.57. The molecule has 3 saturated heterocycles. The van der Waals surface area contributed by atoms with Gasteiger partial charge in [0, 0.05) is 69.9 Å². The van der Waals surface area contributed by atoms with Crippen molar-refractivity contribution in [3.63, 3.8) is 0 Å². The molecule has 5 aliphatic rings. The van der Waals surface area contributed by atoms with E-state index in [2.05, 4.69) is 22.0 Å². The normalized spacial score (nSPS) is 38.0. The Morgan fingerprint density at radius 1 is 1.11 bits per heavy atom. The molecule has 5 fully saturated rings. The van der Waals surface area contributed by atoms with Crippen LogP contribution in [0.25, 0.3) is 0 Å². The first kappa shape index (κ1) is 19.1. The molecule has 6 nitrogen and oxygen atoms in total. The maximum atomic E-state index is 6.17. The topological polar surface area (TPSA) is 49.3 Å². The van der Waals surface area contributed by atoms with Crippen molar-refractivity contribution < 1.29 is 9.47 Å². The number of nitrogens with one attached hydrogen (secondary N) is 1. The molecule has 0 aromatic heterocycles. The first-order valence-corrected chi connectivity index (χ1v) is 11.8. The number of hydrogen-bond donors (Lipinski definition) is 1. The minimum absolute atomic E-state index is 0.389. The van der Waals surface area contributed by atoms with Crippen LogP contribution in [-0.4, -0.2) is 87.0 Å². The second-order valence-corrected chi connectivity index (χ2v) is 9.62. The van der Waals surface area contributed by atoms with E-state index in [9.17, 15) is 0 Å². The molecule has 5 rings (SSSR count). The van der Waals surface area contributed by atoms with Crippen molar-refractivity contribution in [2.24, 2.45) is 22.2 Å². The molecule has 0 aromatic rings. The fraction of sp³-hybridized carbons (Fsp3) is 0.955. The number of ether oxygens (including phenoxy) is 2. The standard InChI is InChI=1S/C22H38N4O2/c1-2-23-21(26-11-9-25(10-12-26)15-17-5-13-27-16-17)24-19-18-6-14-28-20(18)22(19)7-3-4-8-22/h17-20H,2-16H2,1H3,(H,23,24). The molecule has 3 heterocycles. The first-order valence-electron chi connectivity index (χ1n) is 11.8. The number of guanidine groups is 1. The Balaban J connectivity index is 1.20. The molecule has 2 saturated carbocycles. The van der Waals surface area contributed by atoms with Gasteiger partial charge in [-0.15, -0.1) is 0 Å². The van der Waals surface area contributed by atoms with Crippen molar-refractivity contribution in [2.45, 2.75) is 57.6 Å². The van der Waals surface area contributed by atoms with Gasteiger partial charge in [0.2, 0.25) is 0 Å². The molecule has 158 valence electrons. The van der Waals surface area contributed by atoms with Crippen LogP contribution in [0.5, 0.6) is 0 Å². The molecule has 6 heteroatoms. The highest BCUT2D eigenvalue weighted by Gasteiger charge is 2.65. The first-order chi connectivity index (χ1) is 13.8. The molecular formula is C22H38N4O2. The van der Waals surface area contributed by atoms with Gasteiger partial charge in [0.1, 0.15) is 0 Å². The van der Waals surface area contributed by atoms with Crippen LogP contribution in [0.15, 0.2) is 4.99 Å². The van der Waals surface area contributed by atoms with Crippen LogP contribution in [0.2, 0.25) is 0 Å². The predicted molar refractivity (Wildman–Crippen MR) is 111 cm³/mol. The molecule has 0 radical (unpaired) electrons. The quantitative estimate of drug-likeness (QED) is 0.587. The SMILES string of the molecule is CCN=C(NC1C2CCOC2C12CCCC2)N1CCN(CC2CCOC2)CC1. The highest BCUT2D eigenvalue weighted by molar-refractivity contribution is 5.81. The average Bonchev–Trinajstić information content (AvgIpc) is 3.46. The zero-order valence-corrected chi connectivity index (χ0v) is 17.6. The van der Waals surface area contributed by atoms with Gasteiger partial charge in [0.05, 0.1) is 12.7 Å². The second kappa shape index (κ2) is 8.11. The zero-order chi connectivity index (χ0) is 19.0. The van der Waals surface area contributed by atoms with Gasteiger partial charge in [-0.2, -0.15) is 0 Å². The molecule has 1 spiro atoms. The Bertz CT molecular complexity index is 563. The van der Waals surface area contributed by atoms with Gasteiger partial charge in [-0.1, -0.05) is 12.8 Å². The largest absolute Gasteiger partial charge is 0.381 e. The lowest BCUT2D eigenvalue weighted by molar-refractivity contribution is -0.125. The molecule has 0 aromatic carbocycles. The van der Waals surface area contributed by atoms with Gasteiger partial charge in [0.25, 0.3) is 0 Å². The van der Waals surface area contributed by atoms with Crippen molar-refractivity contribution in [2.75, 3.05) is 59.1 Å². The summed E-state index contributed by atoms with van der Waals surface area (Å²) in [5, 5.41) is 3.97. The summed E-state index contributed by atoms with van der Waals surface area (Å²) >= 11 is 0. The monoisotopic (exact) mass is 390 g/mol. The van der Waals surface area contributed by atoms with Crippen molar-refractivity contribution in [1.29, 1.82) is 0 Å². The van der Waals surface area contributed by atoms with Crippen LogP contribution >= 0.6 is 0 Å².